The molecule has 4 N–H and O–H groups in total. The Morgan fingerprint density at radius 3 is 1.94 bits per heavy atom. The molecule has 0 spiro atoms. The maximum Gasteiger partial charge on any atom is 0.243 e. The van der Waals surface area contributed by atoms with Gasteiger partial charge in [0.25, 0.3) is 0 Å². The predicted molar refractivity (Wildman–Crippen MR) is 58.5 cm³/mol. The number of nitrogens with one attached hydrogen (secondary N) is 2. The van der Waals surface area contributed by atoms with E-state index in [0.717, 1.165) is 0 Å². The minimum absolute atomic E-state index is 0.0677. The molecule has 0 aliphatic rings. The van der Waals surface area contributed by atoms with E-state index in [1.807, 2.05) is 0 Å². The zero-order chi connectivity index (χ0) is 12.7. The molecule has 6 nitrogen and oxygen atoms in total. The fourth-order valence-electron chi connectivity index (χ4n) is 1.19. The second-order valence-corrected chi connectivity index (χ2v) is 3.99. The van der Waals surface area contributed by atoms with Crippen molar-refractivity contribution in [2.75, 3.05) is 13.2 Å². The first-order chi connectivity index (χ1) is 7.42. The summed E-state index contributed by atoms with van der Waals surface area (Å²) in [5.41, 5.74) is 0. The van der Waals surface area contributed by atoms with Crippen molar-refractivity contribution in [1.29, 1.82) is 0 Å². The number of carbonyl (C=O) groups excluding carboxylic acids is 2. The summed E-state index contributed by atoms with van der Waals surface area (Å²) in [6.45, 7) is 4.25. The molecule has 0 saturated heterocycles. The van der Waals surface area contributed by atoms with E-state index >= 15 is 0 Å². The van der Waals surface area contributed by atoms with E-state index in [-0.39, 0.29) is 25.0 Å². The van der Waals surface area contributed by atoms with E-state index in [4.69, 9.17) is 10.2 Å². The molecule has 0 aromatic rings. The van der Waals surface area contributed by atoms with E-state index in [1.54, 1.807) is 13.8 Å². The molecule has 1 atom stereocenters. The standard InChI is InChI=1S/C10H20N2O4/c1-6(2)9(11-7(3)15)10(16)12-8(4-13)5-14/h6,8-9,13-14H,4-5H2,1-3H3,(H,11,15)(H,12,16). The Labute approximate surface area is 95.0 Å². The van der Waals surface area contributed by atoms with Crippen molar-refractivity contribution in [2.24, 2.45) is 5.92 Å². The Morgan fingerprint density at radius 2 is 1.62 bits per heavy atom. The molecule has 2 amide bonds. The second kappa shape index (κ2) is 7.19. The number of aliphatic hydroxyl groups is 2. The Balaban J connectivity index is 4.43. The minimum atomic E-state index is -0.692. The van der Waals surface area contributed by atoms with Gasteiger partial charge in [0, 0.05) is 6.92 Å². The lowest BCUT2D eigenvalue weighted by molar-refractivity contribution is -0.130. The molecule has 94 valence electrons. The number of hydrogen-bond donors (Lipinski definition) is 4. The molecule has 0 saturated carbocycles. The van der Waals surface area contributed by atoms with Gasteiger partial charge in [0.15, 0.2) is 0 Å². The predicted octanol–water partition coefficient (Wildman–Crippen LogP) is -1.38. The van der Waals surface area contributed by atoms with Crippen LogP contribution in [-0.2, 0) is 9.59 Å². The van der Waals surface area contributed by atoms with Crippen LogP contribution < -0.4 is 10.6 Å². The Kier molecular flexibility index (Phi) is 6.67. The van der Waals surface area contributed by atoms with Crippen LogP contribution in [0.4, 0.5) is 0 Å². The van der Waals surface area contributed by atoms with Gasteiger partial charge in [-0.15, -0.1) is 0 Å². The number of hydrogen-bond acceptors (Lipinski definition) is 4. The van der Waals surface area contributed by atoms with E-state index in [2.05, 4.69) is 10.6 Å². The van der Waals surface area contributed by atoms with Gasteiger partial charge in [0.1, 0.15) is 6.04 Å². The highest BCUT2D eigenvalue weighted by atomic mass is 16.3. The van der Waals surface area contributed by atoms with E-state index in [9.17, 15) is 9.59 Å². The van der Waals surface area contributed by atoms with Crippen molar-refractivity contribution in [1.82, 2.24) is 10.6 Å². The highest BCUT2D eigenvalue weighted by Crippen LogP contribution is 2.02. The molecule has 1 unspecified atom stereocenters. The first-order valence-corrected chi connectivity index (χ1v) is 5.21. The summed E-state index contributed by atoms with van der Waals surface area (Å²) in [5.74, 6) is -0.765. The fraction of sp³-hybridized carbons (Fsp3) is 0.800. The van der Waals surface area contributed by atoms with Crippen LogP contribution in [0.5, 0.6) is 0 Å². The summed E-state index contributed by atoms with van der Waals surface area (Å²) in [5, 5.41) is 22.6. The van der Waals surface area contributed by atoms with Gasteiger partial charge in [-0.2, -0.15) is 0 Å². The maximum absolute atomic E-state index is 11.7. The fourth-order valence-corrected chi connectivity index (χ4v) is 1.19. The molecule has 0 fully saturated rings. The number of rotatable bonds is 6. The maximum atomic E-state index is 11.7. The summed E-state index contributed by atoms with van der Waals surface area (Å²) >= 11 is 0. The van der Waals surface area contributed by atoms with Crippen molar-refractivity contribution in [3.63, 3.8) is 0 Å². The van der Waals surface area contributed by atoms with Crippen LogP contribution in [0.2, 0.25) is 0 Å². The quantitative estimate of drug-likeness (QED) is 0.453. The molecule has 0 heterocycles. The largest absolute Gasteiger partial charge is 0.394 e. The first kappa shape index (κ1) is 14.9. The zero-order valence-electron chi connectivity index (χ0n) is 9.86. The van der Waals surface area contributed by atoms with E-state index in [0.29, 0.717) is 0 Å². The third kappa shape index (κ3) is 5.09. The lowest BCUT2D eigenvalue weighted by Gasteiger charge is -2.23. The highest BCUT2D eigenvalue weighted by molar-refractivity contribution is 5.87. The molecule has 0 rings (SSSR count). The highest BCUT2D eigenvalue weighted by Gasteiger charge is 2.24. The van der Waals surface area contributed by atoms with Gasteiger partial charge in [-0.3, -0.25) is 9.59 Å². The molecular weight excluding hydrogens is 212 g/mol. The lowest BCUT2D eigenvalue weighted by atomic mass is 10.0. The van der Waals surface area contributed by atoms with Crippen molar-refractivity contribution in [3.05, 3.63) is 0 Å². The van der Waals surface area contributed by atoms with Crippen LogP contribution in [0.3, 0.4) is 0 Å². The van der Waals surface area contributed by atoms with Crippen LogP contribution in [0.15, 0.2) is 0 Å². The number of amides is 2. The van der Waals surface area contributed by atoms with Gasteiger partial charge in [-0.05, 0) is 5.92 Å². The van der Waals surface area contributed by atoms with Crippen LogP contribution in [0.1, 0.15) is 20.8 Å². The van der Waals surface area contributed by atoms with Gasteiger partial charge >= 0.3 is 0 Å². The molecular formula is C10H20N2O4. The average molecular weight is 232 g/mol. The van der Waals surface area contributed by atoms with Gasteiger partial charge in [-0.1, -0.05) is 13.8 Å². The molecule has 0 bridgehead atoms. The molecule has 16 heavy (non-hydrogen) atoms. The molecule has 6 heteroatoms. The van der Waals surface area contributed by atoms with Gasteiger partial charge in [0.05, 0.1) is 19.3 Å². The van der Waals surface area contributed by atoms with Crippen LogP contribution >= 0.6 is 0 Å². The van der Waals surface area contributed by atoms with Crippen molar-refractivity contribution in [3.8, 4) is 0 Å². The zero-order valence-corrected chi connectivity index (χ0v) is 9.86. The third-order valence-corrected chi connectivity index (χ3v) is 2.10. The SMILES string of the molecule is CC(=O)NC(C(=O)NC(CO)CO)C(C)C. The van der Waals surface area contributed by atoms with E-state index < -0.39 is 18.0 Å². The van der Waals surface area contributed by atoms with Gasteiger partial charge < -0.3 is 20.8 Å². The molecule has 0 aromatic carbocycles. The molecule has 0 aliphatic carbocycles. The third-order valence-electron chi connectivity index (χ3n) is 2.10. The lowest BCUT2D eigenvalue weighted by Crippen LogP contribution is -2.53. The van der Waals surface area contributed by atoms with Crippen LogP contribution in [0, 0.1) is 5.92 Å². The van der Waals surface area contributed by atoms with E-state index in [1.165, 1.54) is 6.92 Å². The summed E-state index contributed by atoms with van der Waals surface area (Å²) in [6, 6.07) is -1.35. The van der Waals surface area contributed by atoms with Crippen LogP contribution in [-0.4, -0.2) is 47.3 Å². The minimum Gasteiger partial charge on any atom is -0.394 e. The normalized spacial score (nSPS) is 12.7. The van der Waals surface area contributed by atoms with Crippen molar-refractivity contribution >= 4 is 11.8 Å². The van der Waals surface area contributed by atoms with Gasteiger partial charge in [0.2, 0.25) is 11.8 Å². The summed E-state index contributed by atoms with van der Waals surface area (Å²) in [7, 11) is 0. The average Bonchev–Trinajstić information content (AvgIpc) is 2.21. The summed E-state index contributed by atoms with van der Waals surface area (Å²) in [4.78, 5) is 22.6. The number of carbonyl (C=O) groups is 2. The van der Waals surface area contributed by atoms with Crippen molar-refractivity contribution < 1.29 is 19.8 Å². The molecule has 0 aliphatic heterocycles. The second-order valence-electron chi connectivity index (χ2n) is 3.99. The topological polar surface area (TPSA) is 98.7 Å². The molecule has 0 aromatic heterocycles. The summed E-state index contributed by atoms with van der Waals surface area (Å²) in [6.07, 6.45) is 0. The van der Waals surface area contributed by atoms with Gasteiger partial charge in [-0.25, -0.2) is 0 Å². The first-order valence-electron chi connectivity index (χ1n) is 5.21. The Morgan fingerprint density at radius 1 is 1.12 bits per heavy atom. The van der Waals surface area contributed by atoms with Crippen molar-refractivity contribution in [2.45, 2.75) is 32.9 Å². The Bertz CT molecular complexity index is 239. The Hall–Kier alpha value is -1.14. The molecule has 0 radical (unpaired) electrons. The monoisotopic (exact) mass is 232 g/mol. The number of aliphatic hydroxyl groups excluding tert-OH is 2. The smallest absolute Gasteiger partial charge is 0.243 e. The summed E-state index contributed by atoms with van der Waals surface area (Å²) < 4.78 is 0. The van der Waals surface area contributed by atoms with Crippen LogP contribution in [0.25, 0.3) is 0 Å².